The lowest BCUT2D eigenvalue weighted by atomic mass is 10.1. The number of benzene rings is 4. The minimum Gasteiger partial charge on any atom is -0.493 e. The molecule has 0 spiro atoms. The van der Waals surface area contributed by atoms with Crippen LogP contribution in [0.15, 0.2) is 95.4 Å². The second-order valence-corrected chi connectivity index (χ2v) is 11.3. The van der Waals surface area contributed by atoms with Crippen molar-refractivity contribution in [2.24, 2.45) is 5.10 Å². The highest BCUT2D eigenvalue weighted by molar-refractivity contribution is 7.14. The number of halogens is 2. The van der Waals surface area contributed by atoms with Gasteiger partial charge in [0.25, 0.3) is 11.8 Å². The van der Waals surface area contributed by atoms with E-state index in [1.807, 2.05) is 54.8 Å². The number of aromatic nitrogens is 1. The summed E-state index contributed by atoms with van der Waals surface area (Å²) in [6.45, 7) is 1.56. The molecule has 0 bridgehead atoms. The average Bonchev–Trinajstić information content (AvgIpc) is 3.51. The van der Waals surface area contributed by atoms with E-state index in [-0.39, 0.29) is 23.3 Å². The number of carbonyl (C=O) groups excluding carboxylic acids is 2. The van der Waals surface area contributed by atoms with Crippen molar-refractivity contribution < 1.29 is 19.1 Å². The van der Waals surface area contributed by atoms with Crippen LogP contribution in [-0.2, 0) is 4.79 Å². The molecule has 3 N–H and O–H groups in total. The molecule has 0 saturated heterocycles. The Hall–Kier alpha value is -4.90. The van der Waals surface area contributed by atoms with E-state index < -0.39 is 5.91 Å². The Balaban J connectivity index is 1.15. The number of methoxy groups -OCH3 is 1. The normalized spacial score (nSPS) is 10.8. The summed E-state index contributed by atoms with van der Waals surface area (Å²) in [4.78, 5) is 29.7. The van der Waals surface area contributed by atoms with Gasteiger partial charge in [-0.1, -0.05) is 59.6 Å². The summed E-state index contributed by atoms with van der Waals surface area (Å²) >= 11 is 14.1. The van der Waals surface area contributed by atoms with E-state index in [0.717, 1.165) is 27.6 Å². The highest BCUT2D eigenvalue weighted by Crippen LogP contribution is 2.36. The molecule has 1 aromatic heterocycles. The van der Waals surface area contributed by atoms with Crippen molar-refractivity contribution in [2.45, 2.75) is 6.92 Å². The van der Waals surface area contributed by atoms with Crippen LogP contribution in [0.4, 0.5) is 16.5 Å². The number of thiazole rings is 1. The van der Waals surface area contributed by atoms with Gasteiger partial charge in [0.05, 0.1) is 24.0 Å². The van der Waals surface area contributed by atoms with Crippen LogP contribution in [0.3, 0.4) is 0 Å². The van der Waals surface area contributed by atoms with E-state index in [9.17, 15) is 9.59 Å². The van der Waals surface area contributed by atoms with Crippen molar-refractivity contribution in [3.63, 3.8) is 0 Å². The monoisotopic (exact) mass is 659 g/mol. The Bertz CT molecular complexity index is 1850. The number of aryl methyl sites for hydroxylation is 1. The number of nitrogens with one attached hydrogen (secondary N) is 3. The van der Waals surface area contributed by atoms with Gasteiger partial charge in [0.15, 0.2) is 23.2 Å². The van der Waals surface area contributed by atoms with Crippen LogP contribution in [0, 0.1) is 6.92 Å². The van der Waals surface area contributed by atoms with Crippen molar-refractivity contribution in [3.8, 4) is 22.8 Å². The van der Waals surface area contributed by atoms with Crippen LogP contribution < -0.4 is 25.5 Å². The highest BCUT2D eigenvalue weighted by Gasteiger charge is 2.14. The van der Waals surface area contributed by atoms with E-state index in [2.05, 4.69) is 26.1 Å². The van der Waals surface area contributed by atoms with Crippen molar-refractivity contribution in [1.82, 2.24) is 10.4 Å². The maximum Gasteiger partial charge on any atom is 0.271 e. The number of carbonyl (C=O) groups is 2. The molecule has 2 amide bonds. The van der Waals surface area contributed by atoms with Crippen LogP contribution in [0.5, 0.6) is 11.5 Å². The molecule has 12 heteroatoms. The molecule has 5 aromatic rings. The first kappa shape index (κ1) is 31.5. The lowest BCUT2D eigenvalue weighted by Gasteiger charge is -2.13. The predicted molar refractivity (Wildman–Crippen MR) is 181 cm³/mol. The molecule has 0 aliphatic rings. The molecule has 4 aromatic carbocycles. The number of anilines is 3. The number of para-hydroxylation sites is 1. The summed E-state index contributed by atoms with van der Waals surface area (Å²) < 4.78 is 11.1. The molecule has 1 heterocycles. The van der Waals surface area contributed by atoms with Crippen molar-refractivity contribution in [1.29, 1.82) is 0 Å². The summed E-state index contributed by atoms with van der Waals surface area (Å²) in [5.41, 5.74) is 7.58. The van der Waals surface area contributed by atoms with Gasteiger partial charge in [0.1, 0.15) is 0 Å². The maximum absolute atomic E-state index is 12.7. The Morgan fingerprint density at radius 3 is 2.47 bits per heavy atom. The summed E-state index contributed by atoms with van der Waals surface area (Å²) in [5.74, 6) is -0.297. The minimum atomic E-state index is -0.397. The van der Waals surface area contributed by atoms with E-state index >= 15 is 0 Å². The first-order valence-corrected chi connectivity index (χ1v) is 15.2. The van der Waals surface area contributed by atoms with Crippen molar-refractivity contribution >= 4 is 69.1 Å². The fourth-order valence-electron chi connectivity index (χ4n) is 4.09. The average molecular weight is 661 g/mol. The lowest BCUT2D eigenvalue weighted by molar-refractivity contribution is -0.118. The predicted octanol–water partition coefficient (Wildman–Crippen LogP) is 7.96. The fraction of sp³-hybridized carbons (Fsp3) is 0.0909. The number of nitrogens with zero attached hydrogens (tertiary/aromatic N) is 2. The molecule has 0 saturated carbocycles. The van der Waals surface area contributed by atoms with Crippen molar-refractivity contribution in [3.05, 3.63) is 117 Å². The second-order valence-electron chi connectivity index (χ2n) is 9.64. The standard InChI is InChI=1S/C33H27Cl2N5O4S/c1-20-8-13-25(16-26(20)34)37-30(41)18-44-31-27(35)14-21(15-29(31)43-2)17-36-40-32(42)23-11-9-22(10-12-23)28-19-45-33(39-28)38-24-6-4-3-5-7-24/h3-17,19H,18H2,1-2H3,(H,37,41)(H,38,39)(H,40,42)/b36-17+. The molecule has 0 unspecified atom stereocenters. The number of rotatable bonds is 11. The van der Waals surface area contributed by atoms with Crippen LogP contribution in [0.1, 0.15) is 21.5 Å². The lowest BCUT2D eigenvalue weighted by Crippen LogP contribution is -2.20. The first-order valence-electron chi connectivity index (χ1n) is 13.6. The fourth-order valence-corrected chi connectivity index (χ4v) is 5.28. The van der Waals surface area contributed by atoms with Crippen LogP contribution in [0.25, 0.3) is 11.3 Å². The van der Waals surface area contributed by atoms with Gasteiger partial charge in [-0.2, -0.15) is 5.10 Å². The number of hydrogen-bond donors (Lipinski definition) is 3. The molecule has 0 fully saturated rings. The SMILES string of the molecule is COc1cc(/C=N/NC(=O)c2ccc(-c3csc(Nc4ccccc4)n3)cc2)cc(Cl)c1OCC(=O)Nc1ccc(C)c(Cl)c1. The summed E-state index contributed by atoms with van der Waals surface area (Å²) in [6, 6.07) is 25.3. The molecule has 0 aliphatic heterocycles. The zero-order chi connectivity index (χ0) is 31.8. The molecule has 9 nitrogen and oxygen atoms in total. The number of hydrazone groups is 1. The second kappa shape index (κ2) is 14.7. The topological polar surface area (TPSA) is 114 Å². The summed E-state index contributed by atoms with van der Waals surface area (Å²) in [6.07, 6.45) is 1.43. The Labute approximate surface area is 273 Å². The summed E-state index contributed by atoms with van der Waals surface area (Å²) in [5, 5.41) is 13.5. The molecular formula is C33H27Cl2N5O4S. The largest absolute Gasteiger partial charge is 0.493 e. The minimum absolute atomic E-state index is 0.195. The van der Waals surface area contributed by atoms with Gasteiger partial charge in [-0.15, -0.1) is 11.3 Å². The van der Waals surface area contributed by atoms with Crippen LogP contribution in [0.2, 0.25) is 10.0 Å². The molecule has 0 radical (unpaired) electrons. The van der Waals surface area contributed by atoms with E-state index in [1.54, 1.807) is 42.5 Å². The highest BCUT2D eigenvalue weighted by atomic mass is 35.5. The quantitative estimate of drug-likeness (QED) is 0.0979. The van der Waals surface area contributed by atoms with Gasteiger partial charge in [-0.25, -0.2) is 10.4 Å². The van der Waals surface area contributed by atoms with Gasteiger partial charge in [-0.3, -0.25) is 9.59 Å². The van der Waals surface area contributed by atoms with Gasteiger partial charge in [-0.05, 0) is 66.6 Å². The molecule has 0 aliphatic carbocycles. The van der Waals surface area contributed by atoms with E-state index in [1.165, 1.54) is 24.7 Å². The summed E-state index contributed by atoms with van der Waals surface area (Å²) in [7, 11) is 1.45. The van der Waals surface area contributed by atoms with E-state index in [0.29, 0.717) is 27.6 Å². The van der Waals surface area contributed by atoms with E-state index in [4.69, 9.17) is 32.7 Å². The third-order valence-corrected chi connectivity index (χ3v) is 7.85. The van der Waals surface area contributed by atoms with Gasteiger partial charge in [0, 0.05) is 32.9 Å². The maximum atomic E-state index is 12.7. The molecule has 228 valence electrons. The van der Waals surface area contributed by atoms with Crippen LogP contribution in [-0.4, -0.2) is 36.7 Å². The van der Waals surface area contributed by atoms with Gasteiger partial charge >= 0.3 is 0 Å². The Morgan fingerprint density at radius 1 is 0.956 bits per heavy atom. The van der Waals surface area contributed by atoms with Crippen molar-refractivity contribution in [2.75, 3.05) is 24.4 Å². The molecule has 0 atom stereocenters. The Morgan fingerprint density at radius 2 is 1.73 bits per heavy atom. The molecule has 5 rings (SSSR count). The van der Waals surface area contributed by atoms with Crippen LogP contribution >= 0.6 is 34.5 Å². The Kier molecular flexibility index (Phi) is 10.3. The zero-order valence-corrected chi connectivity index (χ0v) is 26.5. The number of hydrogen-bond acceptors (Lipinski definition) is 8. The smallest absolute Gasteiger partial charge is 0.271 e. The third-order valence-electron chi connectivity index (χ3n) is 6.41. The zero-order valence-electron chi connectivity index (χ0n) is 24.1. The third kappa shape index (κ3) is 8.39. The number of amides is 2. The first-order chi connectivity index (χ1) is 21.8. The van der Waals surface area contributed by atoms with Gasteiger partial charge in [0.2, 0.25) is 0 Å². The molecular weight excluding hydrogens is 633 g/mol. The van der Waals surface area contributed by atoms with Gasteiger partial charge < -0.3 is 20.1 Å². The number of ether oxygens (including phenoxy) is 2. The molecule has 45 heavy (non-hydrogen) atoms.